The Morgan fingerprint density at radius 2 is 0.491 bits per heavy atom. The van der Waals surface area contributed by atoms with Crippen LogP contribution in [0.4, 0.5) is 0 Å². The zero-order valence-corrected chi connectivity index (χ0v) is 97.1. The Hall–Kier alpha value is 2.25. The Morgan fingerprint density at radius 3 is 0.690 bits per heavy atom. The van der Waals surface area contributed by atoms with Gasteiger partial charge in [0.05, 0.1) is 92.0 Å². The molecule has 0 aliphatic carbocycles. The molecule has 0 bridgehead atoms. The molecular weight excluding hydrogens is 1730 g/mol. The predicted octanol–water partition coefficient (Wildman–Crippen LogP) is 16.3. The first-order valence-electron chi connectivity index (χ1n) is 43.2. The Kier molecular flexibility index (Phi) is 64.2. The second-order valence-electron chi connectivity index (χ2n) is 42.9. The molecule has 0 aromatic carbocycles. The minimum absolute atomic E-state index is 0.0404. The zero-order valence-electron chi connectivity index (χ0n) is 82.1. The molecule has 0 radical (unpaired) electrons. The molecule has 0 rings (SSSR count). The van der Waals surface area contributed by atoms with Gasteiger partial charge in [-0.05, 0) is 311 Å². The monoisotopic (exact) mass is 1930 g/mol. The maximum absolute atomic E-state index is 9.58. The van der Waals surface area contributed by atoms with Gasteiger partial charge in [-0.15, -0.1) is 0 Å². The summed E-state index contributed by atoms with van der Waals surface area (Å²) in [6.45, 7) is 87.4. The van der Waals surface area contributed by atoms with Crippen LogP contribution in [0.25, 0.3) is 0 Å². The van der Waals surface area contributed by atoms with E-state index in [1.165, 1.54) is 0 Å². The van der Waals surface area contributed by atoms with Gasteiger partial charge in [-0.25, -0.2) is 0 Å². The van der Waals surface area contributed by atoms with Gasteiger partial charge in [0.15, 0.2) is 83.2 Å². The van der Waals surface area contributed by atoms with E-state index in [0.29, 0.717) is 78.9 Å². The van der Waals surface area contributed by atoms with Crippen molar-refractivity contribution in [1.29, 1.82) is 0 Å². The maximum atomic E-state index is 9.58. The summed E-state index contributed by atoms with van der Waals surface area (Å²) < 4.78 is 92.8. The van der Waals surface area contributed by atoms with Gasteiger partial charge in [0.25, 0.3) is 0 Å². The molecule has 116 heavy (non-hydrogen) atoms. The standard InChI is InChI=1S/C17H42O5Si3.C16H40O5Si3.C15H38O5Si3.2C14H36O5Si3/c1-9-11-17(14-18,15-19)16-20-12-10-13-25(8,21-23(2,3)4)22-24(5,6)7;1-9-16(13-17,14-18)15-19-11-10-12-24(8,20-22(2,3)4)21-23(5,6)7;1-15(12-16,13-17)14-18-10-9-11-23(8,19-21(2,3)4)20-22(5,6)7;1-20(2,3)18-22(7,19-21(4,5)6)12-8-10-17-11-9-14(16)13-15;1-20(2,3)18-22(7,19-21(4,5)6)10-8-9-17-13-14(11-15)12-16/h18-19H,9-16H2,1-8H3;17-18H,9-15H2,1-8H3;16-17H,9-14H2,1-8H3;2*14-16H,8-13H2,1-7H3. The lowest BCUT2D eigenvalue weighted by atomic mass is 9.86. The Balaban J connectivity index is -0.000000443. The molecule has 0 spiro atoms. The number of aliphatic hydroxyl groups is 10. The summed E-state index contributed by atoms with van der Waals surface area (Å²) in [5.41, 5.74) is -1.60. The Bertz CT molecular complexity index is 2310. The van der Waals surface area contributed by atoms with Crippen molar-refractivity contribution in [3.8, 4) is 0 Å². The van der Waals surface area contributed by atoms with Gasteiger partial charge in [-0.2, -0.15) is 0 Å². The number of hydrogen-bond acceptors (Lipinski definition) is 25. The van der Waals surface area contributed by atoms with E-state index in [0.717, 1.165) is 75.2 Å². The highest BCUT2D eigenvalue weighted by Gasteiger charge is 2.45. The van der Waals surface area contributed by atoms with E-state index < -0.39 is 148 Å². The molecular formula is C76H192O25Si15. The van der Waals surface area contributed by atoms with Gasteiger partial charge in [0.2, 0.25) is 0 Å². The molecule has 0 aliphatic heterocycles. The van der Waals surface area contributed by atoms with Crippen molar-refractivity contribution in [2.75, 3.05) is 126 Å². The first-order chi connectivity index (χ1) is 52.1. The summed E-state index contributed by atoms with van der Waals surface area (Å²) >= 11 is 0. The topological polar surface area (TPSA) is 341 Å². The first kappa shape index (κ1) is 127. The largest absolute Gasteiger partial charge is 0.437 e. The smallest absolute Gasteiger partial charge is 0.314 e. The van der Waals surface area contributed by atoms with Crippen LogP contribution in [0.3, 0.4) is 0 Å². The third-order valence-electron chi connectivity index (χ3n) is 16.4. The highest BCUT2D eigenvalue weighted by Crippen LogP contribution is 2.33. The summed E-state index contributed by atoms with van der Waals surface area (Å²) in [7, 11) is -27.4. The average molecular weight is 1930 g/mol. The summed E-state index contributed by atoms with van der Waals surface area (Å²) in [6.07, 6.45) is 6.63. The molecule has 0 heterocycles. The fraction of sp³-hybridized carbons (Fsp3) is 1.00. The molecule has 1 atom stereocenters. The van der Waals surface area contributed by atoms with Crippen LogP contribution in [0.1, 0.15) is 78.6 Å². The van der Waals surface area contributed by atoms with E-state index in [-0.39, 0.29) is 65.4 Å². The van der Waals surface area contributed by atoms with Crippen molar-refractivity contribution >= 4 is 126 Å². The fourth-order valence-electron chi connectivity index (χ4n) is 12.8. The van der Waals surface area contributed by atoms with Crippen LogP contribution in [0.2, 0.25) is 259 Å². The van der Waals surface area contributed by atoms with E-state index >= 15 is 0 Å². The number of aliphatic hydroxyl groups excluding tert-OH is 10. The van der Waals surface area contributed by atoms with Gasteiger partial charge >= 0.3 is 42.8 Å². The van der Waals surface area contributed by atoms with Crippen LogP contribution in [-0.2, 0) is 64.8 Å². The van der Waals surface area contributed by atoms with E-state index in [4.69, 9.17) is 80.2 Å². The Morgan fingerprint density at radius 1 is 0.267 bits per heavy atom. The third kappa shape index (κ3) is 76.3. The van der Waals surface area contributed by atoms with Crippen LogP contribution in [0.15, 0.2) is 0 Å². The number of rotatable bonds is 63. The van der Waals surface area contributed by atoms with Crippen LogP contribution >= 0.6 is 0 Å². The molecule has 0 aromatic heterocycles. The van der Waals surface area contributed by atoms with Crippen LogP contribution < -0.4 is 0 Å². The van der Waals surface area contributed by atoms with Crippen molar-refractivity contribution in [2.45, 2.75) is 344 Å². The lowest BCUT2D eigenvalue weighted by molar-refractivity contribution is -0.0330. The molecule has 0 aliphatic rings. The van der Waals surface area contributed by atoms with Crippen molar-refractivity contribution in [3.05, 3.63) is 0 Å². The second-order valence-corrected chi connectivity index (χ2v) is 107. The van der Waals surface area contributed by atoms with Gasteiger partial charge in [0, 0.05) is 61.8 Å². The van der Waals surface area contributed by atoms with E-state index in [1.807, 2.05) is 13.8 Å². The van der Waals surface area contributed by atoms with E-state index in [9.17, 15) is 35.7 Å². The lowest BCUT2D eigenvalue weighted by Crippen LogP contribution is -2.52. The second kappa shape index (κ2) is 58.7. The predicted molar refractivity (Wildman–Crippen MR) is 520 cm³/mol. The van der Waals surface area contributed by atoms with Gasteiger partial charge in [0.1, 0.15) is 0 Å². The molecule has 40 heteroatoms. The summed E-state index contributed by atoms with van der Waals surface area (Å²) in [5, 5.41) is 92.6. The Labute approximate surface area is 728 Å². The van der Waals surface area contributed by atoms with Crippen molar-refractivity contribution in [2.24, 2.45) is 22.2 Å². The first-order valence-corrected chi connectivity index (χ1v) is 89.9. The SMILES string of the molecule is CC(CO)(CO)COCCC[Si](C)(O[Si](C)(C)C)O[Si](C)(C)C.CCC(CO)(CO)COCCC[Si](C)(O[Si](C)(C)C)O[Si](C)(C)C.CCCC(CO)(CO)COCCC[Si](C)(O[Si](C)(C)C)O[Si](C)(C)C.C[Si](C)(C)O[Si](C)(CCCOCC(CO)CO)O[Si](C)(C)C.C[Si](C)(C)O[Si](C)(CCCOCCC(O)CO)O[Si](C)(C)C. The molecule has 0 saturated heterocycles. The molecule has 0 fully saturated rings. The molecule has 0 amide bonds. The molecule has 1 unspecified atom stereocenters. The highest BCUT2D eigenvalue weighted by molar-refractivity contribution is 6.91. The van der Waals surface area contributed by atoms with Crippen LogP contribution in [0.5, 0.6) is 0 Å². The van der Waals surface area contributed by atoms with E-state index in [2.05, 4.69) is 236 Å². The summed E-state index contributed by atoms with van der Waals surface area (Å²) in [5.74, 6) is -0.180. The molecule has 10 N–H and O–H groups in total. The van der Waals surface area contributed by atoms with Crippen LogP contribution in [0, 0.1) is 22.2 Å². The normalized spacial score (nSPS) is 14.4. The maximum Gasteiger partial charge on any atom is 0.314 e. The fourth-order valence-corrected chi connectivity index (χ4v) is 75.3. The van der Waals surface area contributed by atoms with Crippen molar-refractivity contribution < 1.29 is 116 Å². The third-order valence-corrected chi connectivity index (χ3v) is 64.5. The molecule has 706 valence electrons. The van der Waals surface area contributed by atoms with Gasteiger partial charge < -0.3 is 116 Å². The molecule has 0 saturated carbocycles. The zero-order chi connectivity index (χ0) is 92.1. The molecule has 25 nitrogen and oxygen atoms in total. The minimum atomic E-state index is -2.20. The summed E-state index contributed by atoms with van der Waals surface area (Å²) in [4.78, 5) is 0. The van der Waals surface area contributed by atoms with Crippen molar-refractivity contribution in [1.82, 2.24) is 0 Å². The quantitative estimate of drug-likeness (QED) is 0.0200. The van der Waals surface area contributed by atoms with E-state index in [1.54, 1.807) is 0 Å². The lowest BCUT2D eigenvalue weighted by Gasteiger charge is -2.38. The minimum Gasteiger partial charge on any atom is -0.437 e. The van der Waals surface area contributed by atoms with Crippen LogP contribution in [-0.4, -0.2) is 309 Å². The summed E-state index contributed by atoms with van der Waals surface area (Å²) in [6, 6.07) is 4.60. The number of hydrogen-bond donors (Lipinski definition) is 10. The highest BCUT2D eigenvalue weighted by atomic mass is 28.5. The van der Waals surface area contributed by atoms with Crippen molar-refractivity contribution in [3.63, 3.8) is 0 Å². The van der Waals surface area contributed by atoms with Gasteiger partial charge in [-0.3, -0.25) is 0 Å². The number of ether oxygens (including phenoxy) is 5. The molecule has 0 aromatic rings. The average Bonchev–Trinajstić information content (AvgIpc) is 0.856. The van der Waals surface area contributed by atoms with Gasteiger partial charge in [-0.1, -0.05) is 27.2 Å².